The Labute approximate surface area is 98.1 Å². The van der Waals surface area contributed by atoms with Gasteiger partial charge in [-0.2, -0.15) is 0 Å². The second kappa shape index (κ2) is 6.76. The van der Waals surface area contributed by atoms with Crippen LogP contribution >= 0.6 is 47.8 Å². The fourth-order valence-electron chi connectivity index (χ4n) is 0.803. The summed E-state index contributed by atoms with van der Waals surface area (Å²) < 4.78 is 0. The van der Waals surface area contributed by atoms with Gasteiger partial charge in [0.15, 0.2) is 0 Å². The van der Waals surface area contributed by atoms with Crippen LogP contribution in [0.2, 0.25) is 0 Å². The third-order valence-corrected chi connectivity index (χ3v) is 5.26. The molecule has 0 spiro atoms. The van der Waals surface area contributed by atoms with Gasteiger partial charge < -0.3 is 10.2 Å². The molecule has 2 N–H and O–H groups in total. The third kappa shape index (κ3) is 3.25. The molecule has 0 saturated heterocycles. The van der Waals surface area contributed by atoms with Crippen LogP contribution in [0.5, 0.6) is 0 Å². The SMILES string of the molecule is OCCC(O)C(CBr)(CBr)CBr. The molecule has 0 aromatic rings. The third-order valence-electron chi connectivity index (χ3n) is 1.91. The molecule has 0 amide bonds. The summed E-state index contributed by atoms with van der Waals surface area (Å²) in [6, 6.07) is 0. The first kappa shape index (κ1) is 13.4. The predicted molar refractivity (Wildman–Crippen MR) is 61.5 cm³/mol. The molecule has 2 nitrogen and oxygen atoms in total. The van der Waals surface area contributed by atoms with Gasteiger partial charge in [-0.15, -0.1) is 0 Å². The van der Waals surface area contributed by atoms with E-state index in [2.05, 4.69) is 47.8 Å². The van der Waals surface area contributed by atoms with Crippen molar-refractivity contribution in [1.82, 2.24) is 0 Å². The molecule has 12 heavy (non-hydrogen) atoms. The molecule has 0 aliphatic rings. The maximum Gasteiger partial charge on any atom is 0.0642 e. The van der Waals surface area contributed by atoms with E-state index in [1.165, 1.54) is 0 Å². The summed E-state index contributed by atoms with van der Waals surface area (Å²) >= 11 is 10.1. The van der Waals surface area contributed by atoms with Gasteiger partial charge in [0.1, 0.15) is 0 Å². The van der Waals surface area contributed by atoms with Crippen LogP contribution in [-0.4, -0.2) is 38.9 Å². The lowest BCUT2D eigenvalue weighted by atomic mass is 9.87. The zero-order valence-corrected chi connectivity index (χ0v) is 11.4. The van der Waals surface area contributed by atoms with Gasteiger partial charge in [0.05, 0.1) is 6.10 Å². The standard InChI is InChI=1S/C7H13Br3O2/c8-3-7(4-9,5-10)6(12)1-2-11/h6,11-12H,1-5H2. The van der Waals surface area contributed by atoms with E-state index in [0.29, 0.717) is 22.4 Å². The molecule has 0 saturated carbocycles. The van der Waals surface area contributed by atoms with Crippen LogP contribution in [0.15, 0.2) is 0 Å². The van der Waals surface area contributed by atoms with E-state index < -0.39 is 6.10 Å². The van der Waals surface area contributed by atoms with Gasteiger partial charge >= 0.3 is 0 Å². The normalized spacial score (nSPS) is 14.8. The zero-order chi connectivity index (χ0) is 9.61. The molecule has 1 unspecified atom stereocenters. The summed E-state index contributed by atoms with van der Waals surface area (Å²) in [5, 5.41) is 20.5. The van der Waals surface area contributed by atoms with E-state index in [4.69, 9.17) is 5.11 Å². The zero-order valence-electron chi connectivity index (χ0n) is 6.64. The van der Waals surface area contributed by atoms with Gasteiger partial charge in [-0.1, -0.05) is 47.8 Å². The van der Waals surface area contributed by atoms with Crippen molar-refractivity contribution in [2.45, 2.75) is 12.5 Å². The Morgan fingerprint density at radius 2 is 1.50 bits per heavy atom. The molecule has 0 heterocycles. The van der Waals surface area contributed by atoms with Gasteiger partial charge in [0, 0.05) is 28.0 Å². The minimum Gasteiger partial charge on any atom is -0.396 e. The Morgan fingerprint density at radius 1 is 1.08 bits per heavy atom. The largest absolute Gasteiger partial charge is 0.396 e. The lowest BCUT2D eigenvalue weighted by molar-refractivity contribution is 0.0507. The average Bonchev–Trinajstić information content (AvgIpc) is 2.09. The van der Waals surface area contributed by atoms with Crippen molar-refractivity contribution >= 4 is 47.8 Å². The highest BCUT2D eigenvalue weighted by atomic mass is 79.9. The molecule has 0 aromatic heterocycles. The van der Waals surface area contributed by atoms with E-state index in [1.807, 2.05) is 0 Å². The number of hydrogen-bond acceptors (Lipinski definition) is 2. The highest BCUT2D eigenvalue weighted by Gasteiger charge is 2.34. The predicted octanol–water partition coefficient (Wildman–Crippen LogP) is 1.90. The van der Waals surface area contributed by atoms with Crippen molar-refractivity contribution < 1.29 is 10.2 Å². The van der Waals surface area contributed by atoms with E-state index in [9.17, 15) is 5.11 Å². The molecule has 0 aliphatic carbocycles. The molecule has 0 radical (unpaired) electrons. The van der Waals surface area contributed by atoms with Crippen molar-refractivity contribution in [3.05, 3.63) is 0 Å². The van der Waals surface area contributed by atoms with Crippen LogP contribution in [0.3, 0.4) is 0 Å². The lowest BCUT2D eigenvalue weighted by Gasteiger charge is -2.32. The monoisotopic (exact) mass is 366 g/mol. The molecule has 0 fully saturated rings. The molecule has 0 aliphatic heterocycles. The van der Waals surface area contributed by atoms with Gasteiger partial charge in [0.2, 0.25) is 0 Å². The fraction of sp³-hybridized carbons (Fsp3) is 1.00. The van der Waals surface area contributed by atoms with Crippen molar-refractivity contribution in [2.75, 3.05) is 22.6 Å². The van der Waals surface area contributed by atoms with Crippen LogP contribution < -0.4 is 0 Å². The Balaban J connectivity index is 4.24. The first-order valence-electron chi connectivity index (χ1n) is 3.63. The van der Waals surface area contributed by atoms with Crippen LogP contribution in [0.25, 0.3) is 0 Å². The number of rotatable bonds is 6. The lowest BCUT2D eigenvalue weighted by Crippen LogP contribution is -2.40. The van der Waals surface area contributed by atoms with Crippen LogP contribution in [0.4, 0.5) is 0 Å². The smallest absolute Gasteiger partial charge is 0.0642 e. The van der Waals surface area contributed by atoms with E-state index >= 15 is 0 Å². The highest BCUT2D eigenvalue weighted by Crippen LogP contribution is 2.31. The fourth-order valence-corrected chi connectivity index (χ4v) is 4.71. The summed E-state index contributed by atoms with van der Waals surface area (Å²) in [7, 11) is 0. The second-order valence-electron chi connectivity index (χ2n) is 2.79. The van der Waals surface area contributed by atoms with E-state index in [-0.39, 0.29) is 12.0 Å². The summed E-state index contributed by atoms with van der Waals surface area (Å²) in [6.45, 7) is 0.0237. The van der Waals surface area contributed by atoms with Crippen molar-refractivity contribution in [2.24, 2.45) is 5.41 Å². The topological polar surface area (TPSA) is 40.5 Å². The van der Waals surface area contributed by atoms with Gasteiger partial charge in [-0.3, -0.25) is 0 Å². The van der Waals surface area contributed by atoms with Crippen LogP contribution in [0.1, 0.15) is 6.42 Å². The molecule has 0 bridgehead atoms. The molecule has 1 atom stereocenters. The van der Waals surface area contributed by atoms with Gasteiger partial charge in [0.25, 0.3) is 0 Å². The molecular formula is C7H13Br3O2. The first-order chi connectivity index (χ1) is 5.66. The molecule has 0 aromatic carbocycles. The number of hydrogen-bond donors (Lipinski definition) is 2. The second-order valence-corrected chi connectivity index (χ2v) is 4.47. The number of alkyl halides is 3. The van der Waals surface area contributed by atoms with Crippen molar-refractivity contribution in [1.29, 1.82) is 0 Å². The molecule has 74 valence electrons. The minimum absolute atomic E-state index is 0.0237. The van der Waals surface area contributed by atoms with Gasteiger partial charge in [-0.25, -0.2) is 0 Å². The van der Waals surface area contributed by atoms with Gasteiger partial charge in [-0.05, 0) is 6.42 Å². The number of halogens is 3. The first-order valence-corrected chi connectivity index (χ1v) is 7.00. The maximum absolute atomic E-state index is 9.71. The Hall–Kier alpha value is 1.36. The molecular weight excluding hydrogens is 356 g/mol. The number of aliphatic hydroxyl groups is 2. The Bertz CT molecular complexity index is 109. The van der Waals surface area contributed by atoms with Crippen LogP contribution in [0, 0.1) is 5.41 Å². The van der Waals surface area contributed by atoms with Crippen molar-refractivity contribution in [3.8, 4) is 0 Å². The Kier molecular flexibility index (Phi) is 7.53. The molecule has 5 heteroatoms. The van der Waals surface area contributed by atoms with E-state index in [1.54, 1.807) is 0 Å². The van der Waals surface area contributed by atoms with Crippen molar-refractivity contribution in [3.63, 3.8) is 0 Å². The summed E-state index contributed by atoms with van der Waals surface area (Å²) in [6.07, 6.45) is -0.0661. The van der Waals surface area contributed by atoms with E-state index in [0.717, 1.165) is 0 Å². The summed E-state index contributed by atoms with van der Waals surface area (Å²) in [4.78, 5) is 0. The minimum atomic E-state index is -0.486. The Morgan fingerprint density at radius 3 is 1.75 bits per heavy atom. The van der Waals surface area contributed by atoms with Crippen LogP contribution in [-0.2, 0) is 0 Å². The maximum atomic E-state index is 9.71. The molecule has 0 rings (SSSR count). The summed E-state index contributed by atoms with van der Waals surface area (Å²) in [5.41, 5.74) is -0.220. The highest BCUT2D eigenvalue weighted by molar-refractivity contribution is 9.10. The quantitative estimate of drug-likeness (QED) is 0.703. The summed E-state index contributed by atoms with van der Waals surface area (Å²) in [5.74, 6) is 0. The average molecular weight is 369 g/mol. The number of aliphatic hydroxyl groups excluding tert-OH is 2.